The van der Waals surface area contributed by atoms with Gasteiger partial charge in [0.2, 0.25) is 5.91 Å². The third kappa shape index (κ3) is 5.49. The largest absolute Gasteiger partial charge is 0.393 e. The van der Waals surface area contributed by atoms with Gasteiger partial charge in [-0.1, -0.05) is 27.2 Å². The maximum Gasteiger partial charge on any atom is 0.237 e. The van der Waals surface area contributed by atoms with Gasteiger partial charge in [0.05, 0.1) is 12.1 Å². The third-order valence-electron chi connectivity index (χ3n) is 3.91. The number of carbonyl (C=O) groups excluding carboxylic acids is 1. The third-order valence-corrected chi connectivity index (χ3v) is 3.91. The van der Waals surface area contributed by atoms with Crippen LogP contribution in [0.5, 0.6) is 0 Å². The number of carbonyl (C=O) groups is 1. The van der Waals surface area contributed by atoms with E-state index in [9.17, 15) is 9.90 Å². The number of hydrogen-bond donors (Lipinski definition) is 2. The van der Waals surface area contributed by atoms with Crippen LogP contribution in [-0.4, -0.2) is 47.7 Å². The Bertz CT molecular complexity index is 290. The molecule has 0 aliphatic carbocycles. The first-order valence-electron chi connectivity index (χ1n) is 7.55. The summed E-state index contributed by atoms with van der Waals surface area (Å²) < 4.78 is 0. The lowest BCUT2D eigenvalue weighted by atomic mass is 9.87. The summed E-state index contributed by atoms with van der Waals surface area (Å²) in [6, 6.07) is 0.0427. The van der Waals surface area contributed by atoms with Crippen LogP contribution in [0.1, 0.15) is 53.4 Å². The first-order chi connectivity index (χ1) is 8.85. The Balaban J connectivity index is 2.45. The summed E-state index contributed by atoms with van der Waals surface area (Å²) in [6.45, 7) is 10.7. The predicted octanol–water partition coefficient (Wildman–Crippen LogP) is 1.77. The summed E-state index contributed by atoms with van der Waals surface area (Å²) in [7, 11) is 0. The molecule has 4 nitrogen and oxygen atoms in total. The standard InChI is InChI=1S/C15H30N2O2/c1-5-17-9-7-6-8-13(17)14(19)16-11-15(3,4)10-12(2)18/h12-13,18H,5-11H2,1-4H3,(H,16,19). The first kappa shape index (κ1) is 16.4. The normalized spacial score (nSPS) is 23.1. The average Bonchev–Trinajstić information content (AvgIpc) is 2.34. The monoisotopic (exact) mass is 270 g/mol. The van der Waals surface area contributed by atoms with Gasteiger partial charge >= 0.3 is 0 Å². The van der Waals surface area contributed by atoms with Crippen molar-refractivity contribution in [2.45, 2.75) is 65.5 Å². The Kier molecular flexibility index (Phi) is 6.27. The van der Waals surface area contributed by atoms with Crippen molar-refractivity contribution in [2.24, 2.45) is 5.41 Å². The highest BCUT2D eigenvalue weighted by Crippen LogP contribution is 2.22. The van der Waals surface area contributed by atoms with Crippen molar-refractivity contribution in [3.05, 3.63) is 0 Å². The molecule has 1 saturated heterocycles. The van der Waals surface area contributed by atoms with Gasteiger partial charge in [-0.2, -0.15) is 0 Å². The highest BCUT2D eigenvalue weighted by molar-refractivity contribution is 5.81. The SMILES string of the molecule is CCN1CCCCC1C(=O)NCC(C)(C)CC(C)O. The molecule has 112 valence electrons. The van der Waals surface area contributed by atoms with E-state index >= 15 is 0 Å². The van der Waals surface area contributed by atoms with Crippen LogP contribution >= 0.6 is 0 Å². The van der Waals surface area contributed by atoms with Gasteiger partial charge in [-0.3, -0.25) is 9.69 Å². The van der Waals surface area contributed by atoms with E-state index < -0.39 is 0 Å². The Morgan fingerprint density at radius 3 is 2.74 bits per heavy atom. The molecule has 2 atom stereocenters. The number of rotatable bonds is 6. The maximum atomic E-state index is 12.3. The highest BCUT2D eigenvalue weighted by Gasteiger charge is 2.29. The van der Waals surface area contributed by atoms with Crippen LogP contribution in [0.2, 0.25) is 0 Å². The molecule has 1 amide bonds. The van der Waals surface area contributed by atoms with Crippen molar-refractivity contribution >= 4 is 5.91 Å². The summed E-state index contributed by atoms with van der Waals surface area (Å²) in [6.07, 6.45) is 3.69. The number of aliphatic hydroxyl groups is 1. The molecule has 2 unspecified atom stereocenters. The lowest BCUT2D eigenvalue weighted by molar-refractivity contribution is -0.128. The minimum Gasteiger partial charge on any atom is -0.393 e. The molecule has 19 heavy (non-hydrogen) atoms. The van der Waals surface area contributed by atoms with E-state index in [4.69, 9.17) is 0 Å². The Hall–Kier alpha value is -0.610. The van der Waals surface area contributed by atoms with E-state index in [0.29, 0.717) is 13.0 Å². The maximum absolute atomic E-state index is 12.3. The molecule has 1 aliphatic heterocycles. The average molecular weight is 270 g/mol. The first-order valence-corrected chi connectivity index (χ1v) is 7.55. The Morgan fingerprint density at radius 2 is 2.16 bits per heavy atom. The minimum atomic E-state index is -0.325. The fourth-order valence-corrected chi connectivity index (χ4v) is 2.98. The molecule has 2 N–H and O–H groups in total. The fourth-order valence-electron chi connectivity index (χ4n) is 2.98. The number of likely N-dealkylation sites (tertiary alicyclic amines) is 1. The molecule has 4 heteroatoms. The van der Waals surface area contributed by atoms with E-state index in [1.54, 1.807) is 6.92 Å². The van der Waals surface area contributed by atoms with Crippen molar-refractivity contribution in [3.8, 4) is 0 Å². The van der Waals surface area contributed by atoms with Gasteiger partial charge in [-0.15, -0.1) is 0 Å². The molecular weight excluding hydrogens is 240 g/mol. The molecule has 0 aromatic heterocycles. The van der Waals surface area contributed by atoms with Gasteiger partial charge in [0, 0.05) is 6.54 Å². The van der Waals surface area contributed by atoms with Crippen LogP contribution in [0.3, 0.4) is 0 Å². The number of piperidine rings is 1. The number of hydrogen-bond acceptors (Lipinski definition) is 3. The Morgan fingerprint density at radius 1 is 1.47 bits per heavy atom. The van der Waals surface area contributed by atoms with E-state index in [2.05, 4.69) is 31.0 Å². The van der Waals surface area contributed by atoms with Crippen LogP contribution < -0.4 is 5.32 Å². The summed E-state index contributed by atoms with van der Waals surface area (Å²) in [5, 5.41) is 12.5. The highest BCUT2D eigenvalue weighted by atomic mass is 16.3. The van der Waals surface area contributed by atoms with Crippen LogP contribution in [0.15, 0.2) is 0 Å². The number of nitrogens with one attached hydrogen (secondary N) is 1. The van der Waals surface area contributed by atoms with E-state index in [0.717, 1.165) is 25.9 Å². The second-order valence-electron chi connectivity index (χ2n) is 6.58. The second-order valence-corrected chi connectivity index (χ2v) is 6.58. The number of nitrogens with zero attached hydrogens (tertiary/aromatic N) is 1. The molecule has 1 aliphatic rings. The summed E-state index contributed by atoms with van der Waals surface area (Å²) in [5.41, 5.74) is -0.0600. The molecule has 0 radical (unpaired) electrons. The van der Waals surface area contributed by atoms with Crippen molar-refractivity contribution < 1.29 is 9.90 Å². The molecule has 0 aromatic rings. The molecule has 0 bridgehead atoms. The van der Waals surface area contributed by atoms with Crippen molar-refractivity contribution in [1.29, 1.82) is 0 Å². The van der Waals surface area contributed by atoms with Crippen molar-refractivity contribution in [3.63, 3.8) is 0 Å². The molecule has 0 saturated carbocycles. The summed E-state index contributed by atoms with van der Waals surface area (Å²) in [4.78, 5) is 14.5. The zero-order valence-corrected chi connectivity index (χ0v) is 12.9. The molecule has 1 heterocycles. The van der Waals surface area contributed by atoms with Gasteiger partial charge < -0.3 is 10.4 Å². The topological polar surface area (TPSA) is 52.6 Å². The van der Waals surface area contributed by atoms with Gasteiger partial charge in [-0.05, 0) is 44.7 Å². The summed E-state index contributed by atoms with van der Waals surface area (Å²) in [5.74, 6) is 0.153. The van der Waals surface area contributed by atoms with Crippen LogP contribution in [0.4, 0.5) is 0 Å². The molecule has 0 aromatic carbocycles. The number of amides is 1. The van der Waals surface area contributed by atoms with Gasteiger partial charge in [0.15, 0.2) is 0 Å². The molecule has 1 rings (SSSR count). The van der Waals surface area contributed by atoms with E-state index in [1.165, 1.54) is 6.42 Å². The van der Waals surface area contributed by atoms with E-state index in [1.807, 2.05) is 0 Å². The number of likely N-dealkylation sites (N-methyl/N-ethyl adjacent to an activating group) is 1. The van der Waals surface area contributed by atoms with Crippen LogP contribution in [0, 0.1) is 5.41 Å². The van der Waals surface area contributed by atoms with Gasteiger partial charge in [-0.25, -0.2) is 0 Å². The Labute approximate surface area is 117 Å². The zero-order valence-electron chi connectivity index (χ0n) is 12.9. The quantitative estimate of drug-likeness (QED) is 0.773. The van der Waals surface area contributed by atoms with Gasteiger partial charge in [0.1, 0.15) is 0 Å². The summed E-state index contributed by atoms with van der Waals surface area (Å²) >= 11 is 0. The van der Waals surface area contributed by atoms with Crippen LogP contribution in [-0.2, 0) is 4.79 Å². The van der Waals surface area contributed by atoms with Gasteiger partial charge in [0.25, 0.3) is 0 Å². The lowest BCUT2D eigenvalue weighted by Crippen LogP contribution is -2.50. The van der Waals surface area contributed by atoms with E-state index in [-0.39, 0.29) is 23.5 Å². The van der Waals surface area contributed by atoms with Crippen LogP contribution in [0.25, 0.3) is 0 Å². The zero-order chi connectivity index (χ0) is 14.5. The fraction of sp³-hybridized carbons (Fsp3) is 0.933. The lowest BCUT2D eigenvalue weighted by Gasteiger charge is -2.35. The minimum absolute atomic E-state index is 0.0427. The molecular formula is C15H30N2O2. The van der Waals surface area contributed by atoms with Crippen molar-refractivity contribution in [2.75, 3.05) is 19.6 Å². The second kappa shape index (κ2) is 7.25. The predicted molar refractivity (Wildman–Crippen MR) is 78.0 cm³/mol. The smallest absolute Gasteiger partial charge is 0.237 e. The van der Waals surface area contributed by atoms with Crippen molar-refractivity contribution in [1.82, 2.24) is 10.2 Å². The molecule has 1 fully saturated rings. The molecule has 0 spiro atoms. The number of aliphatic hydroxyl groups excluding tert-OH is 1.